The van der Waals surface area contributed by atoms with Gasteiger partial charge in [-0.15, -0.1) is 0 Å². The fourth-order valence-corrected chi connectivity index (χ4v) is 12.6. The molecule has 0 N–H and O–H groups in total. The quantitative estimate of drug-likeness (QED) is 0.111. The summed E-state index contributed by atoms with van der Waals surface area (Å²) in [4.78, 5) is 0. The lowest BCUT2D eigenvalue weighted by atomic mass is 9.85. The van der Waals surface area contributed by atoms with Gasteiger partial charge in [-0.2, -0.15) is 0 Å². The highest BCUT2D eigenvalue weighted by Crippen LogP contribution is 2.50. The van der Waals surface area contributed by atoms with Crippen molar-refractivity contribution < 1.29 is 0 Å². The number of fused-ring (bicyclic) bond motifs is 2. The van der Waals surface area contributed by atoms with E-state index in [4.69, 9.17) is 0 Å². The molecule has 8 rings (SSSR count). The number of hydrogen-bond donors (Lipinski definition) is 0. The van der Waals surface area contributed by atoms with Crippen LogP contribution in [0.3, 0.4) is 0 Å². The fraction of sp³-hybridized carbons (Fsp3) is 0.500. The average Bonchev–Trinajstić information content (AvgIpc) is 3.43. The number of allylic oxidation sites excluding steroid dienone is 2. The third kappa shape index (κ3) is 9.25. The van der Waals surface area contributed by atoms with Crippen molar-refractivity contribution in [3.05, 3.63) is 129 Å². The van der Waals surface area contributed by atoms with Crippen LogP contribution in [0.25, 0.3) is 34.4 Å². The summed E-state index contributed by atoms with van der Waals surface area (Å²) in [7, 11) is 0.946. The molecule has 0 heterocycles. The lowest BCUT2D eigenvalue weighted by Gasteiger charge is -2.24. The fourth-order valence-electron chi connectivity index (χ4n) is 10.9. The van der Waals surface area contributed by atoms with Gasteiger partial charge in [0.25, 0.3) is 0 Å². The van der Waals surface area contributed by atoms with E-state index in [1.54, 1.807) is 22.3 Å². The molecule has 0 saturated heterocycles. The molecule has 0 aromatic heterocycles. The zero-order chi connectivity index (χ0) is 39.6. The molecule has 4 aromatic rings. The SMILES string of the molecule is CC(C)(C)c1ccc(-c2cccc3c2C=C(CC2CCCCCC2)C3C[Si]CC2C(CC3CCCCCC3)=Cc3c(-c4ccc(C(C)(C)C)cc4)cccc32)cc1. The van der Waals surface area contributed by atoms with E-state index >= 15 is 0 Å². The predicted molar refractivity (Wildman–Crippen MR) is 250 cm³/mol. The first-order valence-corrected chi connectivity index (χ1v) is 24.5. The Morgan fingerprint density at radius 2 is 0.825 bits per heavy atom. The van der Waals surface area contributed by atoms with Crippen molar-refractivity contribution in [3.8, 4) is 22.3 Å². The van der Waals surface area contributed by atoms with Crippen molar-refractivity contribution in [1.82, 2.24) is 0 Å². The van der Waals surface area contributed by atoms with E-state index < -0.39 is 0 Å². The lowest BCUT2D eigenvalue weighted by molar-refractivity contribution is 0.449. The number of hydrogen-bond acceptors (Lipinski definition) is 0. The topological polar surface area (TPSA) is 0 Å². The minimum Gasteiger partial charge on any atom is -0.0621 e. The molecule has 4 aliphatic carbocycles. The molecule has 57 heavy (non-hydrogen) atoms. The Balaban J connectivity index is 1.08. The molecule has 2 atom stereocenters. The van der Waals surface area contributed by atoms with E-state index in [0.29, 0.717) is 11.8 Å². The Hall–Kier alpha value is -3.42. The smallest absolute Gasteiger partial charge is 0.0397 e. The van der Waals surface area contributed by atoms with Crippen molar-refractivity contribution in [2.45, 2.75) is 166 Å². The van der Waals surface area contributed by atoms with Crippen LogP contribution in [0.4, 0.5) is 0 Å². The van der Waals surface area contributed by atoms with Gasteiger partial charge in [-0.25, -0.2) is 0 Å². The van der Waals surface area contributed by atoms with E-state index in [-0.39, 0.29) is 10.8 Å². The van der Waals surface area contributed by atoms with Crippen LogP contribution in [0.2, 0.25) is 12.1 Å². The predicted octanol–water partition coefficient (Wildman–Crippen LogP) is 16.5. The van der Waals surface area contributed by atoms with E-state index in [2.05, 4.69) is 139 Å². The molecule has 2 fully saturated rings. The van der Waals surface area contributed by atoms with E-state index in [0.717, 1.165) is 21.4 Å². The largest absolute Gasteiger partial charge is 0.0621 e. The standard InChI is InChI=1S/C56H70Si/c1-55(2,3)45-29-25-41(26-30-45)47-21-15-23-49-51(47)35-43(33-39-17-11-7-8-12-18-39)53(49)37-57-38-54-44(34-40-19-13-9-10-14-20-40)36-52-48(22-16-24-50(52)54)42-27-31-46(32-28-42)56(4,5)6/h15-16,21-32,35-36,39-40,53-54H,7-14,17-20,33-34,37-38H2,1-6H3. The highest BCUT2D eigenvalue weighted by atomic mass is 28.2. The first-order valence-electron chi connectivity index (χ1n) is 23.1. The minimum atomic E-state index is 0.166. The van der Waals surface area contributed by atoms with Gasteiger partial charge in [0.05, 0.1) is 0 Å². The number of benzene rings is 4. The van der Waals surface area contributed by atoms with Crippen LogP contribution in [0.5, 0.6) is 0 Å². The van der Waals surface area contributed by atoms with Crippen LogP contribution in [0.1, 0.15) is 177 Å². The molecule has 0 spiro atoms. The Morgan fingerprint density at radius 1 is 0.456 bits per heavy atom. The lowest BCUT2D eigenvalue weighted by Crippen LogP contribution is -2.11. The second kappa shape index (κ2) is 17.4. The Bertz CT molecular complexity index is 1880. The minimum absolute atomic E-state index is 0.166. The van der Waals surface area contributed by atoms with Gasteiger partial charge in [0.2, 0.25) is 0 Å². The third-order valence-electron chi connectivity index (χ3n) is 14.4. The molecule has 2 radical (unpaired) electrons. The third-order valence-corrected chi connectivity index (χ3v) is 15.8. The molecule has 2 unspecified atom stereocenters. The highest BCUT2D eigenvalue weighted by Gasteiger charge is 2.32. The zero-order valence-electron chi connectivity index (χ0n) is 36.4. The maximum absolute atomic E-state index is 2.68. The van der Waals surface area contributed by atoms with Gasteiger partial charge in [0.15, 0.2) is 0 Å². The van der Waals surface area contributed by atoms with Crippen molar-refractivity contribution in [3.63, 3.8) is 0 Å². The molecule has 1 heteroatoms. The van der Waals surface area contributed by atoms with Gasteiger partial charge in [-0.1, -0.05) is 239 Å². The van der Waals surface area contributed by atoms with Crippen LogP contribution in [-0.2, 0) is 10.8 Å². The van der Waals surface area contributed by atoms with Crippen LogP contribution >= 0.6 is 0 Å². The molecule has 0 nitrogen and oxygen atoms in total. The Kier molecular flexibility index (Phi) is 12.3. The van der Waals surface area contributed by atoms with Crippen LogP contribution in [0, 0.1) is 11.8 Å². The summed E-state index contributed by atoms with van der Waals surface area (Å²) >= 11 is 0. The summed E-state index contributed by atoms with van der Waals surface area (Å²) in [6.07, 6.45) is 25.0. The van der Waals surface area contributed by atoms with Crippen molar-refractivity contribution in [2.75, 3.05) is 0 Å². The van der Waals surface area contributed by atoms with Crippen molar-refractivity contribution in [1.29, 1.82) is 0 Å². The summed E-state index contributed by atoms with van der Waals surface area (Å²) in [6.45, 7) is 13.9. The molecular formula is C56H70Si. The summed E-state index contributed by atoms with van der Waals surface area (Å²) in [5.74, 6) is 2.80. The highest BCUT2D eigenvalue weighted by molar-refractivity contribution is 6.36. The van der Waals surface area contributed by atoms with Gasteiger partial charge >= 0.3 is 0 Å². The van der Waals surface area contributed by atoms with Crippen molar-refractivity contribution in [2.24, 2.45) is 11.8 Å². The zero-order valence-corrected chi connectivity index (χ0v) is 37.4. The summed E-state index contributed by atoms with van der Waals surface area (Å²) in [6, 6.07) is 36.1. The van der Waals surface area contributed by atoms with E-state index in [1.807, 2.05) is 0 Å². The van der Waals surface area contributed by atoms with Crippen LogP contribution < -0.4 is 0 Å². The van der Waals surface area contributed by atoms with Gasteiger partial charge < -0.3 is 0 Å². The van der Waals surface area contributed by atoms with E-state index in [9.17, 15) is 0 Å². The summed E-state index contributed by atoms with van der Waals surface area (Å²) in [5.41, 5.74) is 18.5. The first kappa shape index (κ1) is 40.4. The molecule has 0 bridgehead atoms. The monoisotopic (exact) mass is 771 g/mol. The van der Waals surface area contributed by atoms with Gasteiger partial charge in [-0.3, -0.25) is 0 Å². The van der Waals surface area contributed by atoms with Gasteiger partial charge in [-0.05, 0) is 91.1 Å². The molecule has 2 saturated carbocycles. The summed E-state index contributed by atoms with van der Waals surface area (Å²) < 4.78 is 0. The van der Waals surface area contributed by atoms with Crippen LogP contribution in [-0.4, -0.2) is 9.52 Å². The Labute approximate surface area is 349 Å². The average molecular weight is 771 g/mol. The molecular weight excluding hydrogens is 701 g/mol. The molecule has 4 aromatic carbocycles. The van der Waals surface area contributed by atoms with Crippen molar-refractivity contribution >= 4 is 21.7 Å². The van der Waals surface area contributed by atoms with Crippen LogP contribution in [0.15, 0.2) is 96.1 Å². The number of rotatable bonds is 10. The molecule has 0 aliphatic heterocycles. The van der Waals surface area contributed by atoms with E-state index in [1.165, 1.54) is 146 Å². The Morgan fingerprint density at radius 3 is 1.18 bits per heavy atom. The van der Waals surface area contributed by atoms with Gasteiger partial charge in [0.1, 0.15) is 0 Å². The maximum Gasteiger partial charge on any atom is 0.0397 e. The maximum atomic E-state index is 2.68. The second-order valence-corrected chi connectivity index (χ2v) is 21.9. The molecule has 0 amide bonds. The molecule has 4 aliphatic rings. The normalized spacial score (nSPS) is 20.7. The second-order valence-electron chi connectivity index (χ2n) is 20.6. The summed E-state index contributed by atoms with van der Waals surface area (Å²) in [5, 5.41) is 0. The molecule has 298 valence electrons. The first-order chi connectivity index (χ1) is 27.5. The van der Waals surface area contributed by atoms with Gasteiger partial charge in [0, 0.05) is 21.4 Å².